The van der Waals surface area contributed by atoms with Gasteiger partial charge in [-0.3, -0.25) is 9.59 Å². The Kier molecular flexibility index (Phi) is 4.52. The second-order valence-electron chi connectivity index (χ2n) is 8.56. The molecule has 156 valence electrons. The van der Waals surface area contributed by atoms with Crippen molar-refractivity contribution in [2.24, 2.45) is 5.73 Å². The van der Waals surface area contributed by atoms with E-state index in [0.717, 1.165) is 30.5 Å². The summed E-state index contributed by atoms with van der Waals surface area (Å²) in [4.78, 5) is 28.9. The van der Waals surface area contributed by atoms with Crippen molar-refractivity contribution in [2.45, 2.75) is 24.9 Å². The minimum atomic E-state index is -0.634. The van der Waals surface area contributed by atoms with Gasteiger partial charge in [-0.2, -0.15) is 0 Å². The number of nitrogens with zero attached hydrogens (tertiary/aromatic N) is 3. The first kappa shape index (κ1) is 19.1. The van der Waals surface area contributed by atoms with Crippen molar-refractivity contribution in [3.8, 4) is 11.1 Å². The third-order valence-electron chi connectivity index (χ3n) is 6.49. The van der Waals surface area contributed by atoms with Crippen molar-refractivity contribution in [1.82, 2.24) is 15.2 Å². The zero-order chi connectivity index (χ0) is 20.9. The fraction of sp³-hybridized carbons (Fsp3) is 0.391. The highest BCUT2D eigenvalue weighted by Crippen LogP contribution is 2.34. The van der Waals surface area contributed by atoms with Crippen molar-refractivity contribution in [3.63, 3.8) is 0 Å². The van der Waals surface area contributed by atoms with Crippen LogP contribution in [0.25, 0.3) is 11.1 Å². The van der Waals surface area contributed by atoms with Gasteiger partial charge in [0, 0.05) is 45.3 Å². The SMILES string of the molecule is CN1NCc2ccc(-c3ccc(C(=O)N4CCN(C(=O)C5(N)CC5)CC4)cc3)cc21. The molecular weight excluding hydrogens is 378 g/mol. The van der Waals surface area contributed by atoms with Gasteiger partial charge in [-0.25, -0.2) is 5.43 Å². The Balaban J connectivity index is 1.24. The van der Waals surface area contributed by atoms with Crippen LogP contribution < -0.4 is 16.2 Å². The molecule has 3 N–H and O–H groups in total. The molecule has 0 spiro atoms. The maximum atomic E-state index is 12.9. The van der Waals surface area contributed by atoms with Crippen molar-refractivity contribution in [2.75, 3.05) is 38.2 Å². The number of hydrazine groups is 1. The third-order valence-corrected chi connectivity index (χ3v) is 6.49. The minimum absolute atomic E-state index is 0.0143. The number of fused-ring (bicyclic) bond motifs is 1. The molecule has 0 bridgehead atoms. The quantitative estimate of drug-likeness (QED) is 0.810. The van der Waals surface area contributed by atoms with Gasteiger partial charge in [-0.05, 0) is 47.7 Å². The van der Waals surface area contributed by atoms with E-state index in [1.165, 1.54) is 11.3 Å². The first-order valence-corrected chi connectivity index (χ1v) is 10.5. The fourth-order valence-electron chi connectivity index (χ4n) is 4.26. The first-order chi connectivity index (χ1) is 14.4. The summed E-state index contributed by atoms with van der Waals surface area (Å²) in [7, 11) is 2.02. The summed E-state index contributed by atoms with van der Waals surface area (Å²) >= 11 is 0. The summed E-state index contributed by atoms with van der Waals surface area (Å²) in [5.41, 5.74) is 14.1. The van der Waals surface area contributed by atoms with Gasteiger partial charge in [0.1, 0.15) is 0 Å². The van der Waals surface area contributed by atoms with Crippen LogP contribution in [0.2, 0.25) is 0 Å². The number of amides is 2. The van der Waals surface area contributed by atoms with Crippen LogP contribution in [0.1, 0.15) is 28.8 Å². The largest absolute Gasteiger partial charge is 0.338 e. The lowest BCUT2D eigenvalue weighted by molar-refractivity contribution is -0.135. The normalized spacial score (nSPS) is 19.6. The first-order valence-electron chi connectivity index (χ1n) is 10.5. The Morgan fingerprint density at radius 1 is 0.933 bits per heavy atom. The third kappa shape index (κ3) is 3.34. The number of rotatable bonds is 3. The topological polar surface area (TPSA) is 81.9 Å². The minimum Gasteiger partial charge on any atom is -0.338 e. The second kappa shape index (κ2) is 7.11. The molecule has 0 atom stereocenters. The molecule has 1 saturated carbocycles. The molecule has 0 unspecified atom stereocenters. The van der Waals surface area contributed by atoms with E-state index >= 15 is 0 Å². The monoisotopic (exact) mass is 405 g/mol. The molecule has 2 aliphatic heterocycles. The number of nitrogens with one attached hydrogen (secondary N) is 1. The smallest absolute Gasteiger partial charge is 0.253 e. The van der Waals surface area contributed by atoms with Crippen LogP contribution in [0.5, 0.6) is 0 Å². The van der Waals surface area contributed by atoms with Crippen LogP contribution in [0.3, 0.4) is 0 Å². The van der Waals surface area contributed by atoms with E-state index in [9.17, 15) is 9.59 Å². The highest BCUT2D eigenvalue weighted by atomic mass is 16.2. The lowest BCUT2D eigenvalue weighted by Crippen LogP contribution is -2.55. The zero-order valence-corrected chi connectivity index (χ0v) is 17.2. The van der Waals surface area contributed by atoms with E-state index < -0.39 is 5.54 Å². The molecule has 2 aromatic carbocycles. The van der Waals surface area contributed by atoms with E-state index in [1.807, 2.05) is 41.2 Å². The Hall–Kier alpha value is -2.90. The van der Waals surface area contributed by atoms with Crippen LogP contribution >= 0.6 is 0 Å². The van der Waals surface area contributed by atoms with E-state index in [2.05, 4.69) is 23.6 Å². The Labute approximate surface area is 176 Å². The molecule has 0 radical (unpaired) electrons. The maximum absolute atomic E-state index is 12.9. The number of carbonyl (C=O) groups is 2. The van der Waals surface area contributed by atoms with Crippen LogP contribution in [-0.4, -0.2) is 60.4 Å². The number of hydrogen-bond donors (Lipinski definition) is 2. The van der Waals surface area contributed by atoms with Gasteiger partial charge in [0.25, 0.3) is 5.91 Å². The number of carbonyl (C=O) groups excluding carboxylic acids is 2. The lowest BCUT2D eigenvalue weighted by Gasteiger charge is -2.36. The van der Waals surface area contributed by atoms with Crippen molar-refractivity contribution >= 4 is 17.5 Å². The van der Waals surface area contributed by atoms with Gasteiger partial charge in [0.15, 0.2) is 0 Å². The van der Waals surface area contributed by atoms with Gasteiger partial charge in [0.05, 0.1) is 11.2 Å². The van der Waals surface area contributed by atoms with E-state index in [0.29, 0.717) is 31.7 Å². The Morgan fingerprint density at radius 2 is 1.57 bits per heavy atom. The van der Waals surface area contributed by atoms with E-state index in [-0.39, 0.29) is 11.8 Å². The Bertz CT molecular complexity index is 991. The number of anilines is 1. The Morgan fingerprint density at radius 3 is 2.23 bits per heavy atom. The standard InChI is InChI=1S/C23H27N5O2/c1-26-20-14-18(6-7-19(20)15-25-26)16-2-4-17(5-3-16)21(29)27-10-12-28(13-11-27)22(30)23(24)8-9-23/h2-7,14,25H,8-13,15,24H2,1H3. The molecule has 3 aliphatic rings. The van der Waals surface area contributed by atoms with E-state index in [1.54, 1.807) is 4.90 Å². The molecule has 7 heteroatoms. The molecule has 30 heavy (non-hydrogen) atoms. The summed E-state index contributed by atoms with van der Waals surface area (Å²) in [6.45, 7) is 3.06. The van der Waals surface area contributed by atoms with Crippen LogP contribution in [0.4, 0.5) is 5.69 Å². The van der Waals surface area contributed by atoms with Crippen molar-refractivity contribution in [1.29, 1.82) is 0 Å². The zero-order valence-electron chi connectivity index (χ0n) is 17.2. The number of piperazine rings is 1. The highest BCUT2D eigenvalue weighted by Gasteiger charge is 2.48. The summed E-state index contributed by atoms with van der Waals surface area (Å²) in [5.74, 6) is 0.0505. The molecule has 2 aromatic rings. The second-order valence-corrected chi connectivity index (χ2v) is 8.56. The van der Waals surface area contributed by atoms with Gasteiger partial charge in [-0.15, -0.1) is 0 Å². The molecular formula is C23H27N5O2. The average molecular weight is 406 g/mol. The number of benzene rings is 2. The molecule has 1 saturated heterocycles. The number of hydrogen-bond acceptors (Lipinski definition) is 5. The molecule has 2 fully saturated rings. The molecule has 5 rings (SSSR count). The van der Waals surface area contributed by atoms with Crippen LogP contribution in [-0.2, 0) is 11.3 Å². The average Bonchev–Trinajstić information content (AvgIpc) is 3.44. The molecule has 2 heterocycles. The van der Waals surface area contributed by atoms with Crippen LogP contribution in [0.15, 0.2) is 42.5 Å². The summed E-state index contributed by atoms with van der Waals surface area (Å²) in [5, 5.41) is 2.04. The molecule has 7 nitrogen and oxygen atoms in total. The van der Waals surface area contributed by atoms with E-state index in [4.69, 9.17) is 5.73 Å². The fourth-order valence-corrected chi connectivity index (χ4v) is 4.26. The van der Waals surface area contributed by atoms with Gasteiger partial charge in [-0.1, -0.05) is 24.3 Å². The maximum Gasteiger partial charge on any atom is 0.253 e. The van der Waals surface area contributed by atoms with Crippen molar-refractivity contribution in [3.05, 3.63) is 53.6 Å². The molecule has 2 amide bonds. The summed E-state index contributed by atoms with van der Waals surface area (Å²) < 4.78 is 0. The highest BCUT2D eigenvalue weighted by molar-refractivity contribution is 5.95. The summed E-state index contributed by atoms with van der Waals surface area (Å²) in [6, 6.07) is 14.2. The predicted octanol–water partition coefficient (Wildman–Crippen LogP) is 1.58. The van der Waals surface area contributed by atoms with Gasteiger partial charge < -0.3 is 20.5 Å². The van der Waals surface area contributed by atoms with Gasteiger partial charge >= 0.3 is 0 Å². The summed E-state index contributed by atoms with van der Waals surface area (Å²) in [6.07, 6.45) is 1.54. The number of nitrogens with two attached hydrogens (primary N) is 1. The predicted molar refractivity (Wildman–Crippen MR) is 116 cm³/mol. The molecule has 0 aromatic heterocycles. The lowest BCUT2D eigenvalue weighted by atomic mass is 10.0. The molecule has 1 aliphatic carbocycles. The van der Waals surface area contributed by atoms with Gasteiger partial charge in [0.2, 0.25) is 5.91 Å². The van der Waals surface area contributed by atoms with Crippen LogP contribution in [0, 0.1) is 0 Å². The van der Waals surface area contributed by atoms with Crippen molar-refractivity contribution < 1.29 is 9.59 Å².